The highest BCUT2D eigenvalue weighted by Gasteiger charge is 2.51. The van der Waals surface area contributed by atoms with Crippen LogP contribution in [0.4, 0.5) is 4.79 Å². The molecule has 2 rings (SSSR count). The fraction of sp³-hybridized carbons (Fsp3) is 0.875. The molecule has 0 spiro atoms. The summed E-state index contributed by atoms with van der Waals surface area (Å²) in [6.07, 6.45) is 0. The Balaban J connectivity index is 2.18. The minimum absolute atomic E-state index is 0.0647. The molecule has 2 atom stereocenters. The van der Waals surface area contributed by atoms with Gasteiger partial charge in [0.15, 0.2) is 0 Å². The Hall–Kier alpha value is -1.34. The Labute approximate surface area is 138 Å². The van der Waals surface area contributed by atoms with Crippen LogP contribution in [0, 0.1) is 0 Å². The first-order valence-corrected chi connectivity index (χ1v) is 8.11. The fourth-order valence-corrected chi connectivity index (χ4v) is 3.11. The molecule has 0 aromatic rings. The van der Waals surface area contributed by atoms with Crippen molar-refractivity contribution in [3.63, 3.8) is 0 Å². The van der Waals surface area contributed by atoms with Gasteiger partial charge in [0.2, 0.25) is 0 Å². The van der Waals surface area contributed by atoms with Gasteiger partial charge in [0.25, 0.3) is 0 Å². The number of carboxylic acid groups (broad SMARTS) is 1. The Kier molecular flexibility index (Phi) is 4.65. The number of ether oxygens (including phenoxy) is 1. The molecule has 1 N–H and O–H groups in total. The summed E-state index contributed by atoms with van der Waals surface area (Å²) in [5, 5.41) is 9.71. The van der Waals surface area contributed by atoms with Crippen LogP contribution in [0.5, 0.6) is 0 Å². The van der Waals surface area contributed by atoms with E-state index >= 15 is 0 Å². The normalized spacial score (nSPS) is 26.6. The molecule has 2 aliphatic rings. The number of piperazine rings is 1. The van der Waals surface area contributed by atoms with Crippen molar-refractivity contribution >= 4 is 12.0 Å². The van der Waals surface area contributed by atoms with Gasteiger partial charge in [-0.3, -0.25) is 9.69 Å². The lowest BCUT2D eigenvalue weighted by Gasteiger charge is -2.42. The van der Waals surface area contributed by atoms with E-state index in [1.165, 1.54) is 0 Å². The summed E-state index contributed by atoms with van der Waals surface area (Å²) in [6.45, 7) is 13.5. The topological polar surface area (TPSA) is 73.3 Å². The number of amides is 2. The highest BCUT2D eigenvalue weighted by molar-refractivity contribution is 5.82. The fourth-order valence-electron chi connectivity index (χ4n) is 3.11. The van der Waals surface area contributed by atoms with E-state index in [4.69, 9.17) is 4.74 Å². The van der Waals surface area contributed by atoms with Crippen LogP contribution >= 0.6 is 0 Å². The summed E-state index contributed by atoms with van der Waals surface area (Å²) in [6, 6.07) is -1.14. The van der Waals surface area contributed by atoms with Crippen LogP contribution in [0.3, 0.4) is 0 Å². The summed E-state index contributed by atoms with van der Waals surface area (Å²) in [7, 11) is 0. The molecule has 0 aliphatic carbocycles. The van der Waals surface area contributed by atoms with Gasteiger partial charge in [0, 0.05) is 25.2 Å². The first kappa shape index (κ1) is 18.0. The monoisotopic (exact) mass is 327 g/mol. The number of carbonyl (C=O) groups excluding carboxylic acids is 1. The average Bonchev–Trinajstić information content (AvgIpc) is 2.72. The molecule has 2 saturated heterocycles. The van der Waals surface area contributed by atoms with Gasteiger partial charge >= 0.3 is 12.0 Å². The molecule has 0 aromatic heterocycles. The van der Waals surface area contributed by atoms with Gasteiger partial charge in [-0.15, -0.1) is 0 Å². The number of hydrogen-bond acceptors (Lipinski definition) is 4. The van der Waals surface area contributed by atoms with Crippen molar-refractivity contribution < 1.29 is 19.4 Å². The third-order valence-corrected chi connectivity index (χ3v) is 4.36. The van der Waals surface area contributed by atoms with Crippen molar-refractivity contribution in [2.45, 2.75) is 64.8 Å². The van der Waals surface area contributed by atoms with Gasteiger partial charge in [-0.1, -0.05) is 0 Å². The van der Waals surface area contributed by atoms with Crippen molar-refractivity contribution in [3.05, 3.63) is 0 Å². The molecule has 7 heteroatoms. The van der Waals surface area contributed by atoms with Crippen LogP contribution in [-0.2, 0) is 9.53 Å². The molecule has 23 heavy (non-hydrogen) atoms. The lowest BCUT2D eigenvalue weighted by atomic mass is 10.0. The first-order valence-electron chi connectivity index (χ1n) is 8.11. The van der Waals surface area contributed by atoms with Crippen molar-refractivity contribution in [2.75, 3.05) is 26.4 Å². The van der Waals surface area contributed by atoms with Crippen LogP contribution in [0.1, 0.15) is 41.5 Å². The first-order chi connectivity index (χ1) is 10.4. The van der Waals surface area contributed by atoms with Crippen molar-refractivity contribution in [2.24, 2.45) is 0 Å². The largest absolute Gasteiger partial charge is 0.480 e. The van der Waals surface area contributed by atoms with E-state index in [0.717, 1.165) is 0 Å². The van der Waals surface area contributed by atoms with Crippen LogP contribution in [0.15, 0.2) is 0 Å². The van der Waals surface area contributed by atoms with Crippen molar-refractivity contribution in [1.29, 1.82) is 0 Å². The lowest BCUT2D eigenvalue weighted by Crippen LogP contribution is -2.62. The molecule has 2 unspecified atom stereocenters. The number of carbonyl (C=O) groups is 2. The molecule has 2 aliphatic heterocycles. The second kappa shape index (κ2) is 5.94. The minimum atomic E-state index is -0.902. The van der Waals surface area contributed by atoms with E-state index in [-0.39, 0.29) is 29.9 Å². The summed E-state index contributed by atoms with van der Waals surface area (Å²) in [4.78, 5) is 29.7. The molecule has 2 amide bonds. The molecular formula is C16H29N3O4. The predicted octanol–water partition coefficient (Wildman–Crippen LogP) is 1.43. The second-order valence-electron chi connectivity index (χ2n) is 8.31. The standard InChI is InChI=1S/C16H29N3O4/c1-15(2,3)19-9-11-12(13(20)21)17(10-23-16(4,5)6)7-8-18(11)14(19)22/h11-12H,7-10H2,1-6H3,(H,20,21). The summed E-state index contributed by atoms with van der Waals surface area (Å²) < 4.78 is 5.76. The zero-order chi connectivity index (χ0) is 17.6. The Morgan fingerprint density at radius 2 is 1.83 bits per heavy atom. The van der Waals surface area contributed by atoms with Crippen LogP contribution < -0.4 is 0 Å². The highest BCUT2D eigenvalue weighted by atomic mass is 16.5. The van der Waals surface area contributed by atoms with Crippen molar-refractivity contribution in [3.8, 4) is 0 Å². The third-order valence-electron chi connectivity index (χ3n) is 4.36. The summed E-state index contributed by atoms with van der Waals surface area (Å²) in [5.74, 6) is -0.902. The smallest absolute Gasteiger partial charge is 0.323 e. The van der Waals surface area contributed by atoms with Crippen LogP contribution in [-0.4, -0.2) is 81.4 Å². The molecular weight excluding hydrogens is 298 g/mol. The zero-order valence-electron chi connectivity index (χ0n) is 15.0. The molecule has 7 nitrogen and oxygen atoms in total. The number of aliphatic carboxylic acids is 1. The lowest BCUT2D eigenvalue weighted by molar-refractivity contribution is -0.155. The molecule has 0 saturated carbocycles. The molecule has 0 bridgehead atoms. The number of rotatable bonds is 3. The third kappa shape index (κ3) is 3.77. The number of urea groups is 1. The molecule has 2 heterocycles. The summed E-state index contributed by atoms with van der Waals surface area (Å²) >= 11 is 0. The van der Waals surface area contributed by atoms with Gasteiger partial charge in [-0.2, -0.15) is 0 Å². The average molecular weight is 327 g/mol. The summed E-state index contributed by atoms with van der Waals surface area (Å²) in [5.41, 5.74) is -0.645. The Bertz CT molecular complexity index is 481. The van der Waals surface area contributed by atoms with E-state index in [9.17, 15) is 14.7 Å². The maximum absolute atomic E-state index is 12.6. The number of carboxylic acids is 1. The van der Waals surface area contributed by atoms with Crippen LogP contribution in [0.2, 0.25) is 0 Å². The number of nitrogens with zero attached hydrogens (tertiary/aromatic N) is 3. The van der Waals surface area contributed by atoms with E-state index in [2.05, 4.69) is 0 Å². The highest BCUT2D eigenvalue weighted by Crippen LogP contribution is 2.30. The molecule has 2 fully saturated rings. The minimum Gasteiger partial charge on any atom is -0.480 e. The van der Waals surface area contributed by atoms with Gasteiger partial charge in [0.1, 0.15) is 12.8 Å². The number of hydrogen-bond donors (Lipinski definition) is 1. The Morgan fingerprint density at radius 1 is 1.22 bits per heavy atom. The van der Waals surface area contributed by atoms with E-state index in [1.54, 1.807) is 9.80 Å². The Morgan fingerprint density at radius 3 is 2.30 bits per heavy atom. The maximum atomic E-state index is 12.6. The molecule has 0 radical (unpaired) electrons. The van der Waals surface area contributed by atoms with E-state index in [0.29, 0.717) is 19.6 Å². The van der Waals surface area contributed by atoms with Gasteiger partial charge in [0.05, 0.1) is 11.6 Å². The zero-order valence-corrected chi connectivity index (χ0v) is 15.0. The predicted molar refractivity (Wildman–Crippen MR) is 86.2 cm³/mol. The molecule has 0 aromatic carbocycles. The SMILES string of the molecule is CC(C)(C)OCN1CCN2C(=O)N(C(C)(C)C)CC2C1C(=O)O. The van der Waals surface area contributed by atoms with Crippen LogP contribution in [0.25, 0.3) is 0 Å². The van der Waals surface area contributed by atoms with Gasteiger partial charge in [-0.25, -0.2) is 4.79 Å². The number of fused-ring (bicyclic) bond motifs is 1. The van der Waals surface area contributed by atoms with Crippen molar-refractivity contribution in [1.82, 2.24) is 14.7 Å². The van der Waals surface area contributed by atoms with Gasteiger partial charge in [-0.05, 0) is 41.5 Å². The maximum Gasteiger partial charge on any atom is 0.323 e. The second-order valence-corrected chi connectivity index (χ2v) is 8.31. The van der Waals surface area contributed by atoms with E-state index < -0.39 is 12.0 Å². The van der Waals surface area contributed by atoms with Gasteiger partial charge < -0.3 is 19.6 Å². The molecule has 132 valence electrons. The quantitative estimate of drug-likeness (QED) is 0.849. The van der Waals surface area contributed by atoms with E-state index in [1.807, 2.05) is 46.4 Å².